The highest BCUT2D eigenvalue weighted by molar-refractivity contribution is 6.12. The maximum absolute atomic E-state index is 5.95. The molecule has 0 spiro atoms. The second-order valence-corrected chi connectivity index (χ2v) is 5.73. The molecule has 1 saturated heterocycles. The van der Waals surface area contributed by atoms with Crippen LogP contribution in [0.5, 0.6) is 0 Å². The number of rotatable bonds is 6. The van der Waals surface area contributed by atoms with Gasteiger partial charge in [-0.15, -0.1) is 0 Å². The van der Waals surface area contributed by atoms with Gasteiger partial charge >= 0.3 is 0 Å². The lowest BCUT2D eigenvalue weighted by atomic mass is 9.85. The molecule has 0 bridgehead atoms. The topological polar surface area (TPSA) is 36.9 Å². The van der Waals surface area contributed by atoms with Crippen LogP contribution in [0.4, 0.5) is 0 Å². The van der Waals surface area contributed by atoms with Crippen LogP contribution in [-0.4, -0.2) is 45.7 Å². The molecule has 2 radical (unpaired) electrons. The molecule has 1 aliphatic rings. The first-order valence-electron chi connectivity index (χ1n) is 6.65. The van der Waals surface area contributed by atoms with Gasteiger partial charge in [-0.3, -0.25) is 0 Å². The third-order valence-electron chi connectivity index (χ3n) is 2.84. The Morgan fingerprint density at radius 2 is 2.06 bits per heavy atom. The first-order chi connectivity index (χ1) is 8.29. The molecule has 0 aromatic carbocycles. The Balaban J connectivity index is 2.60. The first kappa shape index (κ1) is 16.0. The molecule has 0 aromatic heterocycles. The molecule has 104 valence electrons. The summed E-state index contributed by atoms with van der Waals surface area (Å²) in [6, 6.07) is 0. The second kappa shape index (κ2) is 6.37. The van der Waals surface area contributed by atoms with E-state index in [1.54, 1.807) is 0 Å². The highest BCUT2D eigenvalue weighted by Gasteiger charge is 2.44. The number of hydrogen-bond donors (Lipinski definition) is 0. The van der Waals surface area contributed by atoms with Crippen LogP contribution in [0.15, 0.2) is 0 Å². The van der Waals surface area contributed by atoms with Crippen LogP contribution in [0.2, 0.25) is 0 Å². The largest absolute Gasteiger partial charge is 0.379 e. The molecule has 1 heterocycles. The molecule has 0 aromatic rings. The lowest BCUT2D eigenvalue weighted by molar-refractivity contribution is -0.401. The molecule has 0 amide bonds. The van der Waals surface area contributed by atoms with E-state index in [0.717, 1.165) is 13.0 Å². The summed E-state index contributed by atoms with van der Waals surface area (Å²) in [6.07, 6.45) is 0.787. The predicted molar refractivity (Wildman–Crippen MR) is 70.4 cm³/mol. The third-order valence-corrected chi connectivity index (χ3v) is 2.84. The van der Waals surface area contributed by atoms with E-state index in [4.69, 9.17) is 26.8 Å². The Morgan fingerprint density at radius 1 is 1.39 bits per heavy atom. The minimum atomic E-state index is -1.45. The quantitative estimate of drug-likeness (QED) is 0.538. The molecular formula is C13H25BO4. The third kappa shape index (κ3) is 4.54. The molecule has 0 saturated carbocycles. The van der Waals surface area contributed by atoms with E-state index in [9.17, 15) is 0 Å². The molecule has 5 heteroatoms. The molecular weight excluding hydrogens is 231 g/mol. The molecule has 0 aliphatic carbocycles. The smallest absolute Gasteiger partial charge is 0.223 e. The summed E-state index contributed by atoms with van der Waals surface area (Å²) >= 11 is 0. The highest BCUT2D eigenvalue weighted by atomic mass is 16.9. The van der Waals surface area contributed by atoms with E-state index in [-0.39, 0.29) is 17.6 Å². The number of hydrogen-bond acceptors (Lipinski definition) is 4. The van der Waals surface area contributed by atoms with Crippen molar-refractivity contribution in [2.75, 3.05) is 19.8 Å². The summed E-state index contributed by atoms with van der Waals surface area (Å²) in [5.41, 5.74) is -0.142. The predicted octanol–water partition coefficient (Wildman–Crippen LogP) is 2.06. The van der Waals surface area contributed by atoms with Crippen molar-refractivity contribution in [3.63, 3.8) is 0 Å². The van der Waals surface area contributed by atoms with Crippen molar-refractivity contribution in [2.24, 2.45) is 5.41 Å². The van der Waals surface area contributed by atoms with E-state index in [0.29, 0.717) is 13.2 Å². The van der Waals surface area contributed by atoms with Crippen LogP contribution in [0.1, 0.15) is 41.0 Å². The van der Waals surface area contributed by atoms with Gasteiger partial charge in [-0.2, -0.15) is 0 Å². The SMILES string of the molecule is [B]C1(OC(C)C)OCC(C)(C)C(COCCC)O1. The van der Waals surface area contributed by atoms with E-state index >= 15 is 0 Å². The first-order valence-corrected chi connectivity index (χ1v) is 6.65. The van der Waals surface area contributed by atoms with Crippen molar-refractivity contribution in [3.05, 3.63) is 0 Å². The Hall–Kier alpha value is -0.0951. The zero-order valence-electron chi connectivity index (χ0n) is 12.2. The molecule has 1 rings (SSSR count). The minimum absolute atomic E-state index is 0.0616. The van der Waals surface area contributed by atoms with Crippen LogP contribution in [0.25, 0.3) is 0 Å². The summed E-state index contributed by atoms with van der Waals surface area (Å²) in [6.45, 7) is 11.7. The summed E-state index contributed by atoms with van der Waals surface area (Å²) in [7, 11) is 5.95. The molecule has 18 heavy (non-hydrogen) atoms. The Labute approximate surface area is 112 Å². The van der Waals surface area contributed by atoms with Crippen LogP contribution in [0, 0.1) is 5.41 Å². The average molecular weight is 256 g/mol. The van der Waals surface area contributed by atoms with Gasteiger partial charge in [0.2, 0.25) is 5.87 Å². The minimum Gasteiger partial charge on any atom is -0.379 e. The lowest BCUT2D eigenvalue weighted by Gasteiger charge is -2.47. The molecule has 2 unspecified atom stereocenters. The summed E-state index contributed by atoms with van der Waals surface area (Å²) in [4.78, 5) is 0. The van der Waals surface area contributed by atoms with Gasteiger partial charge in [0.25, 0.3) is 0 Å². The maximum atomic E-state index is 5.95. The van der Waals surface area contributed by atoms with Crippen molar-refractivity contribution >= 4 is 7.85 Å². The molecule has 1 fully saturated rings. The van der Waals surface area contributed by atoms with Gasteiger partial charge in [-0.25, -0.2) is 0 Å². The Bertz CT molecular complexity index is 257. The van der Waals surface area contributed by atoms with Gasteiger partial charge in [0.15, 0.2) is 7.85 Å². The fourth-order valence-electron chi connectivity index (χ4n) is 1.76. The van der Waals surface area contributed by atoms with Crippen LogP contribution >= 0.6 is 0 Å². The molecule has 0 N–H and O–H groups in total. The zero-order valence-corrected chi connectivity index (χ0v) is 12.2. The average Bonchev–Trinajstić information content (AvgIpc) is 2.23. The van der Waals surface area contributed by atoms with E-state index in [1.807, 2.05) is 13.8 Å². The van der Waals surface area contributed by atoms with Gasteiger partial charge in [0.1, 0.15) is 0 Å². The van der Waals surface area contributed by atoms with Gasteiger partial charge < -0.3 is 18.9 Å². The van der Waals surface area contributed by atoms with Gasteiger partial charge in [-0.1, -0.05) is 20.8 Å². The monoisotopic (exact) mass is 256 g/mol. The highest BCUT2D eigenvalue weighted by Crippen LogP contribution is 2.35. The standard InChI is InChI=1S/C13H25BO4/c1-6-7-15-8-11-12(4,5)9-16-13(14,18-11)17-10(2)3/h10-11H,6-9H2,1-5H3. The van der Waals surface area contributed by atoms with Crippen LogP contribution in [0.3, 0.4) is 0 Å². The summed E-state index contributed by atoms with van der Waals surface area (Å²) in [5, 5.41) is 0. The summed E-state index contributed by atoms with van der Waals surface area (Å²) < 4.78 is 22.3. The van der Waals surface area contributed by atoms with Crippen molar-refractivity contribution in [1.82, 2.24) is 0 Å². The fraction of sp³-hybridized carbons (Fsp3) is 1.00. The second-order valence-electron chi connectivity index (χ2n) is 5.73. The van der Waals surface area contributed by atoms with Crippen molar-refractivity contribution < 1.29 is 18.9 Å². The van der Waals surface area contributed by atoms with Crippen molar-refractivity contribution in [3.8, 4) is 0 Å². The molecule has 2 atom stereocenters. The van der Waals surface area contributed by atoms with Gasteiger partial charge in [0, 0.05) is 12.0 Å². The zero-order chi connectivity index (χ0) is 13.8. The fourth-order valence-corrected chi connectivity index (χ4v) is 1.76. The maximum Gasteiger partial charge on any atom is 0.223 e. The van der Waals surface area contributed by atoms with Crippen molar-refractivity contribution in [1.29, 1.82) is 0 Å². The van der Waals surface area contributed by atoms with Crippen molar-refractivity contribution in [2.45, 2.75) is 59.1 Å². The van der Waals surface area contributed by atoms with Gasteiger partial charge in [0.05, 0.1) is 25.4 Å². The van der Waals surface area contributed by atoms with E-state index < -0.39 is 5.87 Å². The Morgan fingerprint density at radius 3 is 2.61 bits per heavy atom. The van der Waals surface area contributed by atoms with Crippen LogP contribution < -0.4 is 0 Å². The normalized spacial score (nSPS) is 31.8. The van der Waals surface area contributed by atoms with E-state index in [1.165, 1.54) is 0 Å². The Kier molecular flexibility index (Phi) is 5.65. The van der Waals surface area contributed by atoms with Gasteiger partial charge in [-0.05, 0) is 20.3 Å². The van der Waals surface area contributed by atoms with Crippen LogP contribution in [-0.2, 0) is 18.9 Å². The number of ether oxygens (including phenoxy) is 4. The summed E-state index contributed by atoms with van der Waals surface area (Å²) in [5.74, 6) is -1.45. The van der Waals surface area contributed by atoms with E-state index in [2.05, 4.69) is 20.8 Å². The molecule has 1 aliphatic heterocycles. The lowest BCUT2D eigenvalue weighted by Crippen LogP contribution is -2.57. The molecule has 4 nitrogen and oxygen atoms in total.